The lowest BCUT2D eigenvalue weighted by Gasteiger charge is -2.27. The molecule has 1 amide bonds. The monoisotopic (exact) mass is 419 g/mol. The second-order valence-corrected chi connectivity index (χ2v) is 6.57. The first-order valence-electron chi connectivity index (χ1n) is 8.90. The van der Waals surface area contributed by atoms with Crippen LogP contribution < -0.4 is 15.3 Å². The van der Waals surface area contributed by atoms with Gasteiger partial charge in [0.05, 0.1) is 19.4 Å². The first-order valence-corrected chi connectivity index (χ1v) is 8.90. The number of amides is 1. The van der Waals surface area contributed by atoms with E-state index in [0.29, 0.717) is 20.7 Å². The number of aliphatic hydroxyl groups excluding tert-OH is 1. The number of carbonyl (C=O) groups excluding carboxylic acids is 1. The minimum Gasteiger partial charge on any atom is -0.495 e. The number of anilines is 1. The zero-order chi connectivity index (χ0) is 22.0. The summed E-state index contributed by atoms with van der Waals surface area (Å²) in [5, 5.41) is 16.4. The molecule has 0 atom stereocenters. The lowest BCUT2D eigenvalue weighted by atomic mass is 10.1. The summed E-state index contributed by atoms with van der Waals surface area (Å²) >= 11 is 0. The third-order valence-corrected chi connectivity index (χ3v) is 4.32. The number of tetrazole rings is 1. The van der Waals surface area contributed by atoms with Crippen LogP contribution in [0.5, 0.6) is 5.75 Å². The van der Waals surface area contributed by atoms with Crippen LogP contribution in [0.2, 0.25) is 0 Å². The number of halogens is 2. The highest BCUT2D eigenvalue weighted by Crippen LogP contribution is 2.31. The highest BCUT2D eigenvalue weighted by atomic mass is 19.1. The summed E-state index contributed by atoms with van der Waals surface area (Å²) in [7, 11) is 1.41. The number of hydrogen-bond donors (Lipinski definition) is 1. The maximum absolute atomic E-state index is 14.0. The van der Waals surface area contributed by atoms with Gasteiger partial charge < -0.3 is 9.84 Å². The van der Waals surface area contributed by atoms with Crippen molar-refractivity contribution in [1.29, 1.82) is 0 Å². The van der Waals surface area contributed by atoms with Crippen LogP contribution in [0.4, 0.5) is 19.3 Å². The van der Waals surface area contributed by atoms with Gasteiger partial charge in [0.25, 0.3) is 0 Å². The van der Waals surface area contributed by atoms with Crippen LogP contribution in [0.15, 0.2) is 41.2 Å². The van der Waals surface area contributed by atoms with E-state index in [9.17, 15) is 23.5 Å². The quantitative estimate of drug-likeness (QED) is 0.636. The molecule has 0 aliphatic rings. The predicted octanol–water partition coefficient (Wildman–Crippen LogP) is 2.09. The van der Waals surface area contributed by atoms with Gasteiger partial charge in [-0.1, -0.05) is 12.1 Å². The first kappa shape index (κ1) is 21.1. The zero-order valence-electron chi connectivity index (χ0n) is 16.4. The summed E-state index contributed by atoms with van der Waals surface area (Å²) in [5.41, 5.74) is -1.10. The Morgan fingerprint density at radius 3 is 2.43 bits per heavy atom. The largest absolute Gasteiger partial charge is 0.495 e. The number of carbonyl (C=O) groups is 1. The van der Waals surface area contributed by atoms with Crippen LogP contribution in [-0.2, 0) is 6.61 Å². The first-order chi connectivity index (χ1) is 14.3. The fourth-order valence-corrected chi connectivity index (χ4v) is 2.92. The van der Waals surface area contributed by atoms with E-state index >= 15 is 0 Å². The van der Waals surface area contributed by atoms with Gasteiger partial charge in [-0.3, -0.25) is 4.90 Å². The fraction of sp³-hybridized carbons (Fsp3) is 0.263. The van der Waals surface area contributed by atoms with Gasteiger partial charge >= 0.3 is 11.7 Å². The Hall–Kier alpha value is -3.60. The number of methoxy groups -OCH3 is 1. The van der Waals surface area contributed by atoms with Crippen molar-refractivity contribution in [1.82, 2.24) is 19.8 Å². The van der Waals surface area contributed by atoms with Crippen LogP contribution in [0.25, 0.3) is 5.69 Å². The Morgan fingerprint density at radius 2 is 1.87 bits per heavy atom. The summed E-state index contributed by atoms with van der Waals surface area (Å²) in [6, 6.07) is 6.38. The van der Waals surface area contributed by atoms with E-state index in [1.54, 1.807) is 26.0 Å². The third kappa shape index (κ3) is 3.66. The van der Waals surface area contributed by atoms with Gasteiger partial charge in [-0.15, -0.1) is 4.68 Å². The summed E-state index contributed by atoms with van der Waals surface area (Å²) < 4.78 is 34.2. The molecule has 1 aromatic heterocycles. The number of hydrogen-bond acceptors (Lipinski definition) is 6. The van der Waals surface area contributed by atoms with E-state index < -0.39 is 35.1 Å². The van der Waals surface area contributed by atoms with Gasteiger partial charge in [0.15, 0.2) is 11.6 Å². The molecular weight excluding hydrogens is 400 g/mol. The lowest BCUT2D eigenvalue weighted by molar-refractivity contribution is 0.242. The van der Waals surface area contributed by atoms with Gasteiger partial charge in [-0.25, -0.2) is 18.4 Å². The number of aromatic nitrogens is 4. The SMILES string of the molecule is COc1ccc(CO)cc1N(C(=O)n1nnn(-c2c(F)cccc2F)c1=O)C(C)C. The molecule has 0 saturated heterocycles. The van der Waals surface area contributed by atoms with Crippen molar-refractivity contribution in [3.05, 3.63) is 64.1 Å². The second-order valence-electron chi connectivity index (χ2n) is 6.57. The molecule has 0 spiro atoms. The van der Waals surface area contributed by atoms with E-state index in [4.69, 9.17) is 4.74 Å². The molecule has 1 heterocycles. The average molecular weight is 419 g/mol. The zero-order valence-corrected chi connectivity index (χ0v) is 16.4. The Labute approximate surface area is 169 Å². The van der Waals surface area contributed by atoms with Gasteiger partial charge in [0.2, 0.25) is 0 Å². The van der Waals surface area contributed by atoms with E-state index in [2.05, 4.69) is 10.4 Å². The van der Waals surface area contributed by atoms with Crippen molar-refractivity contribution in [2.45, 2.75) is 26.5 Å². The highest BCUT2D eigenvalue weighted by Gasteiger charge is 2.28. The highest BCUT2D eigenvalue weighted by molar-refractivity contribution is 5.95. The summed E-state index contributed by atoms with van der Waals surface area (Å²) in [5.74, 6) is -1.75. The average Bonchev–Trinajstić information content (AvgIpc) is 3.08. The number of rotatable bonds is 5. The molecule has 0 fully saturated rings. The van der Waals surface area contributed by atoms with E-state index in [1.165, 1.54) is 18.1 Å². The number of aliphatic hydroxyl groups is 1. The molecule has 0 bridgehead atoms. The molecular formula is C19H19F2N5O4. The molecule has 2 aromatic carbocycles. The summed E-state index contributed by atoms with van der Waals surface area (Å²) in [4.78, 5) is 27.1. The Bertz CT molecular complexity index is 1120. The Kier molecular flexibility index (Phi) is 5.92. The number of benzene rings is 2. The maximum Gasteiger partial charge on any atom is 0.377 e. The smallest absolute Gasteiger partial charge is 0.377 e. The van der Waals surface area contributed by atoms with Crippen LogP contribution in [0.3, 0.4) is 0 Å². The van der Waals surface area contributed by atoms with Gasteiger partial charge in [0.1, 0.15) is 11.4 Å². The minimum atomic E-state index is -1.15. The summed E-state index contributed by atoms with van der Waals surface area (Å²) in [6.07, 6.45) is 0. The van der Waals surface area contributed by atoms with Crippen molar-refractivity contribution >= 4 is 11.7 Å². The normalized spacial score (nSPS) is 11.0. The fourth-order valence-electron chi connectivity index (χ4n) is 2.92. The van der Waals surface area contributed by atoms with Crippen LogP contribution >= 0.6 is 0 Å². The minimum absolute atomic E-state index is 0.278. The molecule has 158 valence electrons. The predicted molar refractivity (Wildman–Crippen MR) is 103 cm³/mol. The van der Waals surface area contributed by atoms with Crippen LogP contribution in [-0.4, -0.2) is 44.1 Å². The molecule has 3 rings (SSSR count). The van der Waals surface area contributed by atoms with Gasteiger partial charge in [-0.2, -0.15) is 4.68 Å². The number of para-hydroxylation sites is 1. The molecule has 0 saturated carbocycles. The third-order valence-electron chi connectivity index (χ3n) is 4.32. The molecule has 11 heteroatoms. The van der Waals surface area contributed by atoms with Gasteiger partial charge in [-0.05, 0) is 54.1 Å². The molecule has 0 aliphatic carbocycles. The topological polar surface area (TPSA) is 102 Å². The molecule has 1 N–H and O–H groups in total. The van der Waals surface area contributed by atoms with E-state index in [1.807, 2.05) is 0 Å². The number of nitrogens with zero attached hydrogens (tertiary/aromatic N) is 5. The lowest BCUT2D eigenvalue weighted by Crippen LogP contribution is -2.45. The van der Waals surface area contributed by atoms with Crippen molar-refractivity contribution in [3.8, 4) is 11.4 Å². The second kappa shape index (κ2) is 8.41. The molecule has 9 nitrogen and oxygen atoms in total. The standard InChI is InChI=1S/C19H19F2N5O4/c1-11(2)24(15-9-12(10-27)7-8-16(15)30-3)18(28)26-19(29)25(22-23-26)17-13(20)5-4-6-14(17)21/h4-9,11,27H,10H2,1-3H3. The van der Waals surface area contributed by atoms with Crippen molar-refractivity contribution in [2.24, 2.45) is 0 Å². The Balaban J connectivity index is 2.12. The molecule has 30 heavy (non-hydrogen) atoms. The maximum atomic E-state index is 14.0. The Morgan fingerprint density at radius 1 is 1.20 bits per heavy atom. The van der Waals surface area contributed by atoms with E-state index in [-0.39, 0.29) is 12.3 Å². The molecule has 3 aromatic rings. The molecule has 0 unspecified atom stereocenters. The van der Waals surface area contributed by atoms with Crippen molar-refractivity contribution in [2.75, 3.05) is 12.0 Å². The van der Waals surface area contributed by atoms with E-state index in [0.717, 1.165) is 18.2 Å². The van der Waals surface area contributed by atoms with Crippen molar-refractivity contribution < 1.29 is 23.4 Å². The molecule has 0 aliphatic heterocycles. The molecule has 0 radical (unpaired) electrons. The van der Waals surface area contributed by atoms with Crippen LogP contribution in [0.1, 0.15) is 19.4 Å². The van der Waals surface area contributed by atoms with Crippen LogP contribution in [0, 0.1) is 11.6 Å². The number of ether oxygens (including phenoxy) is 1. The van der Waals surface area contributed by atoms with Crippen molar-refractivity contribution in [3.63, 3.8) is 0 Å². The summed E-state index contributed by atoms with van der Waals surface area (Å²) in [6.45, 7) is 3.10. The van der Waals surface area contributed by atoms with Gasteiger partial charge in [0, 0.05) is 6.04 Å².